The van der Waals surface area contributed by atoms with Crippen LogP contribution in [0.3, 0.4) is 0 Å². The predicted molar refractivity (Wildman–Crippen MR) is 85.0 cm³/mol. The summed E-state index contributed by atoms with van der Waals surface area (Å²) >= 11 is 6.15. The Morgan fingerprint density at radius 1 is 1.29 bits per heavy atom. The van der Waals surface area contributed by atoms with Crippen molar-refractivity contribution in [2.45, 2.75) is 13.0 Å². The SMILES string of the molecule is COc1cccc(C(C)Nc2cc(C(N)=O)ccc2Cl)c1. The van der Waals surface area contributed by atoms with Crippen LogP contribution >= 0.6 is 11.6 Å². The van der Waals surface area contributed by atoms with E-state index in [-0.39, 0.29) is 6.04 Å². The molecule has 4 nitrogen and oxygen atoms in total. The third kappa shape index (κ3) is 3.67. The highest BCUT2D eigenvalue weighted by atomic mass is 35.5. The number of amides is 1. The molecule has 1 atom stereocenters. The minimum Gasteiger partial charge on any atom is -0.497 e. The topological polar surface area (TPSA) is 64.3 Å². The summed E-state index contributed by atoms with van der Waals surface area (Å²) < 4.78 is 5.21. The number of methoxy groups -OCH3 is 1. The molecule has 21 heavy (non-hydrogen) atoms. The van der Waals surface area contributed by atoms with Crippen molar-refractivity contribution in [1.82, 2.24) is 0 Å². The highest BCUT2D eigenvalue weighted by Gasteiger charge is 2.11. The fraction of sp³-hybridized carbons (Fsp3) is 0.188. The summed E-state index contributed by atoms with van der Waals surface area (Å²) in [6.45, 7) is 2.00. The van der Waals surface area contributed by atoms with Crippen molar-refractivity contribution in [2.24, 2.45) is 5.73 Å². The number of ether oxygens (including phenoxy) is 1. The van der Waals surface area contributed by atoms with Gasteiger partial charge in [0, 0.05) is 11.6 Å². The standard InChI is InChI=1S/C16H17ClN2O2/c1-10(11-4-3-5-13(8-11)21-2)19-15-9-12(16(18)20)6-7-14(15)17/h3-10,19H,1-2H3,(H2,18,20). The maximum atomic E-state index is 11.2. The summed E-state index contributed by atoms with van der Waals surface area (Å²) in [5, 5.41) is 3.81. The number of carbonyl (C=O) groups excluding carboxylic acids is 1. The lowest BCUT2D eigenvalue weighted by atomic mass is 10.1. The Hall–Kier alpha value is -2.20. The molecule has 0 bridgehead atoms. The van der Waals surface area contributed by atoms with E-state index in [2.05, 4.69) is 5.32 Å². The number of anilines is 1. The molecule has 0 saturated carbocycles. The van der Waals surface area contributed by atoms with Crippen LogP contribution < -0.4 is 15.8 Å². The predicted octanol–water partition coefficient (Wildman–Crippen LogP) is 3.62. The van der Waals surface area contributed by atoms with E-state index in [1.54, 1.807) is 25.3 Å². The maximum absolute atomic E-state index is 11.2. The second kappa shape index (κ2) is 6.50. The van der Waals surface area contributed by atoms with Crippen molar-refractivity contribution in [3.63, 3.8) is 0 Å². The zero-order chi connectivity index (χ0) is 15.4. The number of nitrogens with one attached hydrogen (secondary N) is 1. The molecular weight excluding hydrogens is 288 g/mol. The summed E-state index contributed by atoms with van der Waals surface area (Å²) in [6.07, 6.45) is 0. The monoisotopic (exact) mass is 304 g/mol. The van der Waals surface area contributed by atoms with Gasteiger partial charge < -0.3 is 15.8 Å². The minimum atomic E-state index is -0.483. The van der Waals surface area contributed by atoms with Gasteiger partial charge in [-0.25, -0.2) is 0 Å². The van der Waals surface area contributed by atoms with E-state index in [4.69, 9.17) is 22.1 Å². The average Bonchev–Trinajstić information content (AvgIpc) is 2.49. The van der Waals surface area contributed by atoms with Crippen molar-refractivity contribution in [2.75, 3.05) is 12.4 Å². The minimum absolute atomic E-state index is 0.000673. The molecule has 0 heterocycles. The molecule has 110 valence electrons. The van der Waals surface area contributed by atoms with Crippen LogP contribution in [0.15, 0.2) is 42.5 Å². The van der Waals surface area contributed by atoms with Crippen LogP contribution in [0.1, 0.15) is 28.9 Å². The summed E-state index contributed by atoms with van der Waals surface area (Å²) in [6, 6.07) is 12.7. The fourth-order valence-corrected chi connectivity index (χ4v) is 2.19. The van der Waals surface area contributed by atoms with Gasteiger partial charge in [0.1, 0.15) is 5.75 Å². The van der Waals surface area contributed by atoms with E-state index in [9.17, 15) is 4.79 Å². The number of halogens is 1. The van der Waals surface area contributed by atoms with Gasteiger partial charge in [-0.3, -0.25) is 4.79 Å². The molecule has 0 radical (unpaired) electrons. The quantitative estimate of drug-likeness (QED) is 0.886. The van der Waals surface area contributed by atoms with E-state index in [1.165, 1.54) is 0 Å². The van der Waals surface area contributed by atoms with Crippen molar-refractivity contribution >= 4 is 23.2 Å². The first-order chi connectivity index (χ1) is 10.0. The lowest BCUT2D eigenvalue weighted by Crippen LogP contribution is -2.12. The molecule has 5 heteroatoms. The van der Waals surface area contributed by atoms with Crippen LogP contribution in [0.25, 0.3) is 0 Å². The Labute approximate surface area is 128 Å². The molecule has 2 aromatic rings. The van der Waals surface area contributed by atoms with E-state index in [0.717, 1.165) is 11.3 Å². The Morgan fingerprint density at radius 2 is 2.05 bits per heavy atom. The number of hydrogen-bond donors (Lipinski definition) is 2. The van der Waals surface area contributed by atoms with Crippen LogP contribution in [0, 0.1) is 0 Å². The zero-order valence-corrected chi connectivity index (χ0v) is 12.6. The molecule has 0 aliphatic heterocycles. The first-order valence-corrected chi connectivity index (χ1v) is 6.89. The zero-order valence-electron chi connectivity index (χ0n) is 11.9. The lowest BCUT2D eigenvalue weighted by Gasteiger charge is -2.18. The molecule has 1 amide bonds. The maximum Gasteiger partial charge on any atom is 0.248 e. The molecule has 2 aromatic carbocycles. The summed E-state index contributed by atoms with van der Waals surface area (Å²) in [7, 11) is 1.63. The van der Waals surface area contributed by atoms with E-state index in [1.807, 2.05) is 31.2 Å². The first kappa shape index (κ1) is 15.2. The van der Waals surface area contributed by atoms with Crippen molar-refractivity contribution in [3.05, 3.63) is 58.6 Å². The van der Waals surface area contributed by atoms with Gasteiger partial charge in [0.05, 0.1) is 17.8 Å². The Balaban J connectivity index is 2.24. The van der Waals surface area contributed by atoms with Crippen LogP contribution in [0.2, 0.25) is 5.02 Å². The number of primary amides is 1. The highest BCUT2D eigenvalue weighted by Crippen LogP contribution is 2.28. The molecule has 1 unspecified atom stereocenters. The fourth-order valence-electron chi connectivity index (χ4n) is 2.02. The van der Waals surface area contributed by atoms with E-state index < -0.39 is 5.91 Å². The van der Waals surface area contributed by atoms with Gasteiger partial charge in [-0.15, -0.1) is 0 Å². The number of carbonyl (C=O) groups is 1. The Morgan fingerprint density at radius 3 is 2.71 bits per heavy atom. The van der Waals surface area contributed by atoms with Crippen LogP contribution in [0.4, 0.5) is 5.69 Å². The van der Waals surface area contributed by atoms with Crippen LogP contribution in [0.5, 0.6) is 5.75 Å². The van der Waals surface area contributed by atoms with Gasteiger partial charge in [0.15, 0.2) is 0 Å². The first-order valence-electron chi connectivity index (χ1n) is 6.51. The van der Waals surface area contributed by atoms with Gasteiger partial charge in [-0.05, 0) is 42.8 Å². The summed E-state index contributed by atoms with van der Waals surface area (Å²) in [5.41, 5.74) is 7.42. The molecule has 0 aliphatic rings. The van der Waals surface area contributed by atoms with Gasteiger partial charge in [-0.2, -0.15) is 0 Å². The second-order valence-corrected chi connectivity index (χ2v) is 5.11. The van der Waals surface area contributed by atoms with Crippen molar-refractivity contribution in [3.8, 4) is 5.75 Å². The van der Waals surface area contributed by atoms with Gasteiger partial charge in [0.25, 0.3) is 0 Å². The second-order valence-electron chi connectivity index (χ2n) is 4.70. The Kier molecular flexibility index (Phi) is 4.70. The molecule has 0 aliphatic carbocycles. The third-order valence-electron chi connectivity index (χ3n) is 3.22. The molecule has 2 rings (SSSR count). The summed E-state index contributed by atoms with van der Waals surface area (Å²) in [4.78, 5) is 11.2. The molecule has 0 spiro atoms. The van der Waals surface area contributed by atoms with Gasteiger partial charge >= 0.3 is 0 Å². The van der Waals surface area contributed by atoms with Crippen LogP contribution in [-0.2, 0) is 0 Å². The number of hydrogen-bond acceptors (Lipinski definition) is 3. The molecule has 0 fully saturated rings. The number of nitrogens with two attached hydrogens (primary N) is 1. The molecular formula is C16H17ClN2O2. The van der Waals surface area contributed by atoms with Gasteiger partial charge in [-0.1, -0.05) is 23.7 Å². The molecule has 0 saturated heterocycles. The Bertz CT molecular complexity index is 658. The smallest absolute Gasteiger partial charge is 0.248 e. The van der Waals surface area contributed by atoms with Crippen LogP contribution in [-0.4, -0.2) is 13.0 Å². The summed E-state index contributed by atoms with van der Waals surface area (Å²) in [5.74, 6) is 0.307. The van der Waals surface area contributed by atoms with Crippen molar-refractivity contribution in [1.29, 1.82) is 0 Å². The third-order valence-corrected chi connectivity index (χ3v) is 3.55. The van der Waals surface area contributed by atoms with Crippen molar-refractivity contribution < 1.29 is 9.53 Å². The normalized spacial score (nSPS) is 11.8. The lowest BCUT2D eigenvalue weighted by molar-refractivity contribution is 0.100. The number of benzene rings is 2. The molecule has 0 aromatic heterocycles. The van der Waals surface area contributed by atoms with Gasteiger partial charge in [0.2, 0.25) is 5.91 Å². The average molecular weight is 305 g/mol. The number of rotatable bonds is 5. The van der Waals surface area contributed by atoms with E-state index in [0.29, 0.717) is 16.3 Å². The largest absolute Gasteiger partial charge is 0.497 e. The molecule has 3 N–H and O–H groups in total. The van der Waals surface area contributed by atoms with E-state index >= 15 is 0 Å². The highest BCUT2D eigenvalue weighted by molar-refractivity contribution is 6.33.